The SMILES string of the molecule is COCCOc1cccc(S(=O)(=O)F)c1. The van der Waals surface area contributed by atoms with Gasteiger partial charge in [0, 0.05) is 13.2 Å². The molecular weight excluding hydrogens is 223 g/mol. The van der Waals surface area contributed by atoms with Crippen molar-refractivity contribution in [2.24, 2.45) is 0 Å². The standard InChI is InChI=1S/C9H11FO4S/c1-13-5-6-14-8-3-2-4-9(7-8)15(10,11)12/h2-4,7H,5-6H2,1H3. The van der Waals surface area contributed by atoms with Crippen molar-refractivity contribution in [3.63, 3.8) is 0 Å². The van der Waals surface area contributed by atoms with Gasteiger partial charge in [-0.05, 0) is 12.1 Å². The van der Waals surface area contributed by atoms with E-state index in [4.69, 9.17) is 9.47 Å². The van der Waals surface area contributed by atoms with Crippen LogP contribution in [0.4, 0.5) is 3.89 Å². The van der Waals surface area contributed by atoms with Crippen molar-refractivity contribution in [1.29, 1.82) is 0 Å². The molecule has 0 bridgehead atoms. The molecule has 0 spiro atoms. The second kappa shape index (κ2) is 5.09. The minimum absolute atomic E-state index is 0.284. The molecule has 0 aliphatic heterocycles. The van der Waals surface area contributed by atoms with Crippen molar-refractivity contribution < 1.29 is 21.8 Å². The van der Waals surface area contributed by atoms with E-state index in [0.29, 0.717) is 12.4 Å². The summed E-state index contributed by atoms with van der Waals surface area (Å²) in [6.45, 7) is 0.666. The highest BCUT2D eigenvalue weighted by molar-refractivity contribution is 7.86. The number of halogens is 1. The molecule has 1 aromatic rings. The summed E-state index contributed by atoms with van der Waals surface area (Å²) < 4.78 is 43.6. The van der Waals surface area contributed by atoms with Gasteiger partial charge in [-0.3, -0.25) is 0 Å². The molecule has 0 aliphatic rings. The van der Waals surface area contributed by atoms with E-state index in [9.17, 15) is 12.3 Å². The fourth-order valence-electron chi connectivity index (χ4n) is 0.959. The number of hydrogen-bond donors (Lipinski definition) is 0. The lowest BCUT2D eigenvalue weighted by molar-refractivity contribution is 0.146. The molecule has 0 radical (unpaired) electrons. The second-order valence-corrected chi connectivity index (χ2v) is 4.10. The Bertz CT molecular complexity index is 416. The molecule has 1 rings (SSSR count). The quantitative estimate of drug-likeness (QED) is 0.570. The molecule has 0 saturated carbocycles. The maximum Gasteiger partial charge on any atom is 0.332 e. The van der Waals surface area contributed by atoms with E-state index in [1.807, 2.05) is 0 Å². The van der Waals surface area contributed by atoms with Crippen molar-refractivity contribution in [2.45, 2.75) is 4.90 Å². The van der Waals surface area contributed by atoms with E-state index in [-0.39, 0.29) is 6.61 Å². The average Bonchev–Trinajstić information content (AvgIpc) is 2.17. The molecule has 0 atom stereocenters. The van der Waals surface area contributed by atoms with Crippen LogP contribution in [0.25, 0.3) is 0 Å². The van der Waals surface area contributed by atoms with Gasteiger partial charge in [0.2, 0.25) is 0 Å². The largest absolute Gasteiger partial charge is 0.491 e. The minimum Gasteiger partial charge on any atom is -0.491 e. The van der Waals surface area contributed by atoms with Gasteiger partial charge in [-0.1, -0.05) is 6.07 Å². The fraction of sp³-hybridized carbons (Fsp3) is 0.333. The fourth-order valence-corrected chi connectivity index (χ4v) is 1.46. The van der Waals surface area contributed by atoms with Crippen LogP contribution >= 0.6 is 0 Å². The van der Waals surface area contributed by atoms with Crippen LogP contribution in [0.5, 0.6) is 5.75 Å². The van der Waals surface area contributed by atoms with E-state index in [0.717, 1.165) is 6.07 Å². The highest BCUT2D eigenvalue weighted by Crippen LogP contribution is 2.18. The molecule has 0 unspecified atom stereocenters. The van der Waals surface area contributed by atoms with Crippen LogP contribution in [-0.4, -0.2) is 28.7 Å². The van der Waals surface area contributed by atoms with Gasteiger partial charge < -0.3 is 9.47 Å². The van der Waals surface area contributed by atoms with Gasteiger partial charge in [-0.25, -0.2) is 0 Å². The van der Waals surface area contributed by atoms with Crippen LogP contribution in [0.2, 0.25) is 0 Å². The van der Waals surface area contributed by atoms with Crippen LogP contribution in [0, 0.1) is 0 Å². The van der Waals surface area contributed by atoms with Gasteiger partial charge in [0.25, 0.3) is 0 Å². The zero-order chi connectivity index (χ0) is 11.3. The number of ether oxygens (including phenoxy) is 2. The Morgan fingerprint density at radius 1 is 1.33 bits per heavy atom. The van der Waals surface area contributed by atoms with Crippen LogP contribution in [-0.2, 0) is 15.0 Å². The second-order valence-electron chi connectivity index (χ2n) is 2.75. The van der Waals surface area contributed by atoms with E-state index in [1.165, 1.54) is 19.2 Å². The molecule has 0 saturated heterocycles. The van der Waals surface area contributed by atoms with E-state index < -0.39 is 15.1 Å². The third kappa shape index (κ3) is 3.85. The average molecular weight is 234 g/mol. The molecule has 0 fully saturated rings. The Labute approximate surface area is 87.8 Å². The Hall–Kier alpha value is -1.14. The molecule has 15 heavy (non-hydrogen) atoms. The topological polar surface area (TPSA) is 52.6 Å². The van der Waals surface area contributed by atoms with Gasteiger partial charge in [0.05, 0.1) is 6.61 Å². The maximum atomic E-state index is 12.6. The Morgan fingerprint density at radius 2 is 2.07 bits per heavy atom. The molecule has 4 nitrogen and oxygen atoms in total. The lowest BCUT2D eigenvalue weighted by Gasteiger charge is -2.05. The van der Waals surface area contributed by atoms with Crippen LogP contribution in [0.15, 0.2) is 29.2 Å². The monoisotopic (exact) mass is 234 g/mol. The Morgan fingerprint density at radius 3 is 2.67 bits per heavy atom. The maximum absolute atomic E-state index is 12.6. The molecule has 0 N–H and O–H groups in total. The summed E-state index contributed by atoms with van der Waals surface area (Å²) in [7, 11) is -3.15. The van der Waals surface area contributed by atoms with Crippen molar-refractivity contribution >= 4 is 10.2 Å². The third-order valence-corrected chi connectivity index (χ3v) is 2.46. The van der Waals surface area contributed by atoms with Gasteiger partial charge in [0.1, 0.15) is 17.3 Å². The van der Waals surface area contributed by atoms with E-state index in [2.05, 4.69) is 0 Å². The number of methoxy groups -OCH3 is 1. The summed E-state index contributed by atoms with van der Waals surface area (Å²) in [4.78, 5) is -0.405. The number of rotatable bonds is 5. The summed E-state index contributed by atoms with van der Waals surface area (Å²) in [5.41, 5.74) is 0. The highest BCUT2D eigenvalue weighted by Gasteiger charge is 2.11. The molecule has 0 aromatic heterocycles. The van der Waals surface area contributed by atoms with Crippen molar-refractivity contribution in [3.05, 3.63) is 24.3 Å². The molecule has 0 aliphatic carbocycles. The first-order valence-electron chi connectivity index (χ1n) is 4.20. The lowest BCUT2D eigenvalue weighted by Crippen LogP contribution is -2.04. The van der Waals surface area contributed by atoms with Gasteiger partial charge in [-0.2, -0.15) is 8.42 Å². The zero-order valence-corrected chi connectivity index (χ0v) is 8.96. The minimum atomic E-state index is -4.67. The molecule has 6 heteroatoms. The summed E-state index contributed by atoms with van der Waals surface area (Å²) in [5.74, 6) is 0.297. The summed E-state index contributed by atoms with van der Waals surface area (Å²) in [6, 6.07) is 5.25. The van der Waals surface area contributed by atoms with E-state index in [1.54, 1.807) is 6.07 Å². The first kappa shape index (κ1) is 11.9. The predicted octanol–water partition coefficient (Wildman–Crippen LogP) is 1.37. The number of benzene rings is 1. The normalized spacial score (nSPS) is 11.3. The van der Waals surface area contributed by atoms with Crippen molar-refractivity contribution in [3.8, 4) is 5.75 Å². The molecular formula is C9H11FO4S. The Balaban J connectivity index is 2.75. The van der Waals surface area contributed by atoms with Crippen LogP contribution < -0.4 is 4.74 Å². The van der Waals surface area contributed by atoms with E-state index >= 15 is 0 Å². The third-order valence-electron chi connectivity index (χ3n) is 1.64. The van der Waals surface area contributed by atoms with Crippen LogP contribution in [0.1, 0.15) is 0 Å². The summed E-state index contributed by atoms with van der Waals surface area (Å²) in [6.07, 6.45) is 0. The van der Waals surface area contributed by atoms with Crippen molar-refractivity contribution in [2.75, 3.05) is 20.3 Å². The van der Waals surface area contributed by atoms with Crippen LogP contribution in [0.3, 0.4) is 0 Å². The summed E-state index contributed by atoms with van der Waals surface area (Å²) in [5, 5.41) is 0. The first-order valence-corrected chi connectivity index (χ1v) is 5.59. The van der Waals surface area contributed by atoms with Gasteiger partial charge in [-0.15, -0.1) is 3.89 Å². The molecule has 1 aromatic carbocycles. The Kier molecular flexibility index (Phi) is 4.05. The first-order chi connectivity index (χ1) is 7.04. The molecule has 84 valence electrons. The highest BCUT2D eigenvalue weighted by atomic mass is 32.3. The molecule has 0 heterocycles. The smallest absolute Gasteiger partial charge is 0.332 e. The van der Waals surface area contributed by atoms with Gasteiger partial charge >= 0.3 is 10.2 Å². The zero-order valence-electron chi connectivity index (χ0n) is 8.14. The number of hydrogen-bond acceptors (Lipinski definition) is 4. The van der Waals surface area contributed by atoms with Crippen molar-refractivity contribution in [1.82, 2.24) is 0 Å². The summed E-state index contributed by atoms with van der Waals surface area (Å²) >= 11 is 0. The van der Waals surface area contributed by atoms with Gasteiger partial charge in [0.15, 0.2) is 0 Å². The lowest BCUT2D eigenvalue weighted by atomic mass is 10.3. The molecule has 0 amide bonds. The predicted molar refractivity (Wildman–Crippen MR) is 52.1 cm³/mol.